The number of benzene rings is 2. The normalized spacial score (nSPS) is 11.7. The van der Waals surface area contributed by atoms with Crippen molar-refractivity contribution in [3.8, 4) is 0 Å². The number of ether oxygens (including phenoxy) is 1. The lowest BCUT2D eigenvalue weighted by atomic mass is 10.0. The number of nitrogens with one attached hydrogen (secondary N) is 1. The Bertz CT molecular complexity index is 745. The minimum Gasteiger partial charge on any atom is -0.467 e. The fraction of sp³-hybridized carbons (Fsp3) is 0.222. The van der Waals surface area contributed by atoms with E-state index in [0.717, 1.165) is 0 Å². The first kappa shape index (κ1) is 19.2. The molecule has 0 bridgehead atoms. The summed E-state index contributed by atoms with van der Waals surface area (Å²) in [6, 6.07) is 9.60. The van der Waals surface area contributed by atoms with Gasteiger partial charge in [-0.15, -0.1) is 0 Å². The van der Waals surface area contributed by atoms with E-state index in [4.69, 9.17) is 27.9 Å². The Labute approximate surface area is 154 Å². The van der Waals surface area contributed by atoms with Gasteiger partial charge in [-0.25, -0.2) is 9.18 Å². The van der Waals surface area contributed by atoms with Crippen LogP contribution in [0, 0.1) is 5.82 Å². The first-order valence-corrected chi connectivity index (χ1v) is 8.21. The van der Waals surface area contributed by atoms with Crippen LogP contribution in [0.5, 0.6) is 0 Å². The van der Waals surface area contributed by atoms with Crippen LogP contribution >= 0.6 is 23.2 Å². The number of halogens is 3. The van der Waals surface area contributed by atoms with Crippen LogP contribution in [0.15, 0.2) is 42.5 Å². The van der Waals surface area contributed by atoms with E-state index in [-0.39, 0.29) is 18.7 Å². The molecule has 0 unspecified atom stereocenters. The molecule has 7 heteroatoms. The number of rotatable bonds is 6. The molecule has 25 heavy (non-hydrogen) atoms. The van der Waals surface area contributed by atoms with E-state index in [1.54, 1.807) is 18.2 Å². The lowest BCUT2D eigenvalue weighted by Crippen LogP contribution is -2.43. The predicted octanol–water partition coefficient (Wildman–Crippen LogP) is 3.58. The van der Waals surface area contributed by atoms with Gasteiger partial charge in [0.25, 0.3) is 0 Å². The van der Waals surface area contributed by atoms with Gasteiger partial charge in [0.05, 0.1) is 13.5 Å². The summed E-state index contributed by atoms with van der Waals surface area (Å²) in [4.78, 5) is 24.2. The Hall–Kier alpha value is -2.11. The zero-order valence-electron chi connectivity index (χ0n) is 13.4. The van der Waals surface area contributed by atoms with Crippen molar-refractivity contribution >= 4 is 35.1 Å². The third-order valence-corrected chi connectivity index (χ3v) is 4.28. The van der Waals surface area contributed by atoms with Crippen LogP contribution in [0.2, 0.25) is 10.0 Å². The topological polar surface area (TPSA) is 55.4 Å². The Morgan fingerprint density at radius 2 is 1.72 bits per heavy atom. The summed E-state index contributed by atoms with van der Waals surface area (Å²) in [5.74, 6) is -1.39. The standard InChI is InChI=1S/C18H16Cl2FNO3/c1-25-18(24)16(10-13-14(19)3-2-4-15(13)20)22-17(23)9-11-5-7-12(21)8-6-11/h2-8,16H,9-10H2,1H3,(H,22,23)/t16-/m0/s1. The van der Waals surface area contributed by atoms with Gasteiger partial charge in [0, 0.05) is 16.5 Å². The molecule has 0 saturated heterocycles. The molecular weight excluding hydrogens is 368 g/mol. The number of methoxy groups -OCH3 is 1. The van der Waals surface area contributed by atoms with E-state index in [1.807, 2.05) is 0 Å². The fourth-order valence-corrected chi connectivity index (χ4v) is 2.85. The van der Waals surface area contributed by atoms with Crippen molar-refractivity contribution in [3.63, 3.8) is 0 Å². The molecule has 0 heterocycles. The van der Waals surface area contributed by atoms with Gasteiger partial charge in [-0.1, -0.05) is 41.4 Å². The van der Waals surface area contributed by atoms with Gasteiger partial charge in [0.1, 0.15) is 11.9 Å². The number of carbonyl (C=O) groups is 2. The predicted molar refractivity (Wildman–Crippen MR) is 94.2 cm³/mol. The third kappa shape index (κ3) is 5.44. The van der Waals surface area contributed by atoms with Crippen molar-refractivity contribution in [2.45, 2.75) is 18.9 Å². The van der Waals surface area contributed by atoms with Crippen LogP contribution < -0.4 is 5.32 Å². The second-order valence-electron chi connectivity index (χ2n) is 5.35. The number of amides is 1. The van der Waals surface area contributed by atoms with Gasteiger partial charge in [-0.3, -0.25) is 4.79 Å². The van der Waals surface area contributed by atoms with Gasteiger partial charge < -0.3 is 10.1 Å². The zero-order valence-corrected chi connectivity index (χ0v) is 14.9. The molecule has 0 aromatic heterocycles. The van der Waals surface area contributed by atoms with Crippen molar-refractivity contribution < 1.29 is 18.7 Å². The molecule has 0 aliphatic carbocycles. The van der Waals surface area contributed by atoms with Crippen LogP contribution in [0.3, 0.4) is 0 Å². The van der Waals surface area contributed by atoms with E-state index in [9.17, 15) is 14.0 Å². The van der Waals surface area contributed by atoms with Crippen LogP contribution in [-0.2, 0) is 27.2 Å². The van der Waals surface area contributed by atoms with Gasteiger partial charge in [0.15, 0.2) is 0 Å². The third-order valence-electron chi connectivity index (χ3n) is 3.57. The minimum absolute atomic E-state index is 0.00400. The first-order chi connectivity index (χ1) is 11.9. The lowest BCUT2D eigenvalue weighted by Gasteiger charge is -2.18. The van der Waals surface area contributed by atoms with Gasteiger partial charge in [-0.2, -0.15) is 0 Å². The van der Waals surface area contributed by atoms with Crippen LogP contribution in [-0.4, -0.2) is 25.0 Å². The smallest absolute Gasteiger partial charge is 0.328 e. The molecule has 0 aliphatic rings. The van der Waals surface area contributed by atoms with Gasteiger partial charge >= 0.3 is 5.97 Å². The highest BCUT2D eigenvalue weighted by molar-refractivity contribution is 6.36. The molecule has 0 radical (unpaired) electrons. The Kier molecular flexibility index (Phi) is 6.79. The largest absolute Gasteiger partial charge is 0.467 e. The molecule has 1 amide bonds. The highest BCUT2D eigenvalue weighted by Gasteiger charge is 2.24. The average Bonchev–Trinajstić information content (AvgIpc) is 2.58. The lowest BCUT2D eigenvalue weighted by molar-refractivity contribution is -0.145. The van der Waals surface area contributed by atoms with Crippen molar-refractivity contribution in [2.24, 2.45) is 0 Å². The molecule has 2 aromatic rings. The zero-order chi connectivity index (χ0) is 18.4. The average molecular weight is 384 g/mol. The summed E-state index contributed by atoms with van der Waals surface area (Å²) in [6.45, 7) is 0. The second-order valence-corrected chi connectivity index (χ2v) is 6.17. The molecule has 0 spiro atoms. The summed E-state index contributed by atoms with van der Waals surface area (Å²) >= 11 is 12.2. The maximum Gasteiger partial charge on any atom is 0.328 e. The van der Waals surface area contributed by atoms with Crippen molar-refractivity contribution in [1.82, 2.24) is 5.32 Å². The molecular formula is C18H16Cl2FNO3. The summed E-state index contributed by atoms with van der Waals surface area (Å²) in [7, 11) is 1.23. The van der Waals surface area contributed by atoms with Gasteiger partial charge in [0.2, 0.25) is 5.91 Å². The van der Waals surface area contributed by atoms with E-state index in [2.05, 4.69) is 5.32 Å². The molecule has 2 rings (SSSR count). The maximum atomic E-state index is 12.9. The fourth-order valence-electron chi connectivity index (χ4n) is 2.30. The molecule has 4 nitrogen and oxygen atoms in total. The first-order valence-electron chi connectivity index (χ1n) is 7.45. The van der Waals surface area contributed by atoms with E-state index in [1.165, 1.54) is 31.4 Å². The quantitative estimate of drug-likeness (QED) is 0.775. The number of hydrogen-bond donors (Lipinski definition) is 1. The highest BCUT2D eigenvalue weighted by Crippen LogP contribution is 2.25. The SMILES string of the molecule is COC(=O)[C@H](Cc1c(Cl)cccc1Cl)NC(=O)Cc1ccc(F)cc1. The monoisotopic (exact) mass is 383 g/mol. The number of carbonyl (C=O) groups excluding carboxylic acids is 2. The molecule has 0 saturated carbocycles. The molecule has 1 N–H and O–H groups in total. The van der Waals surface area contributed by atoms with Gasteiger partial charge in [-0.05, 0) is 35.4 Å². The van der Waals surface area contributed by atoms with Crippen molar-refractivity contribution in [3.05, 3.63) is 69.5 Å². The molecule has 2 aromatic carbocycles. The molecule has 132 valence electrons. The van der Waals surface area contributed by atoms with Crippen molar-refractivity contribution in [2.75, 3.05) is 7.11 Å². The summed E-state index contributed by atoms with van der Waals surface area (Å²) in [5.41, 5.74) is 1.17. The minimum atomic E-state index is -0.935. The Morgan fingerprint density at radius 1 is 1.12 bits per heavy atom. The highest BCUT2D eigenvalue weighted by atomic mass is 35.5. The van der Waals surface area contributed by atoms with Crippen LogP contribution in [0.25, 0.3) is 0 Å². The number of esters is 1. The van der Waals surface area contributed by atoms with E-state index < -0.39 is 17.9 Å². The summed E-state index contributed by atoms with van der Waals surface area (Å²) < 4.78 is 17.7. The molecule has 1 atom stereocenters. The second kappa shape index (κ2) is 8.83. The molecule has 0 fully saturated rings. The summed E-state index contributed by atoms with van der Waals surface area (Å²) in [5, 5.41) is 3.40. The van der Waals surface area contributed by atoms with Crippen LogP contribution in [0.4, 0.5) is 4.39 Å². The number of hydrogen-bond acceptors (Lipinski definition) is 3. The summed E-state index contributed by atoms with van der Waals surface area (Å²) in [6.07, 6.45) is 0.102. The van der Waals surface area contributed by atoms with E-state index >= 15 is 0 Å². The van der Waals surface area contributed by atoms with E-state index in [0.29, 0.717) is 21.2 Å². The maximum absolute atomic E-state index is 12.9. The Balaban J connectivity index is 2.11. The van der Waals surface area contributed by atoms with Crippen LogP contribution in [0.1, 0.15) is 11.1 Å². The molecule has 0 aliphatic heterocycles. The Morgan fingerprint density at radius 3 is 2.28 bits per heavy atom. The van der Waals surface area contributed by atoms with Crippen molar-refractivity contribution in [1.29, 1.82) is 0 Å².